The summed E-state index contributed by atoms with van der Waals surface area (Å²) in [5.41, 5.74) is 0.774. The summed E-state index contributed by atoms with van der Waals surface area (Å²) >= 11 is 1.33. The van der Waals surface area contributed by atoms with E-state index in [0.29, 0.717) is 23.0 Å². The number of rotatable bonds is 9. The van der Waals surface area contributed by atoms with Crippen molar-refractivity contribution in [3.8, 4) is 5.75 Å². The lowest BCUT2D eigenvalue weighted by Gasteiger charge is -2.11. The molecule has 1 aromatic carbocycles. The van der Waals surface area contributed by atoms with Crippen molar-refractivity contribution < 1.29 is 22.7 Å². The summed E-state index contributed by atoms with van der Waals surface area (Å²) in [6.07, 6.45) is 1.53. The average Bonchev–Trinajstić information content (AvgIpc) is 3.37. The molecule has 2 N–H and O–H groups in total. The van der Waals surface area contributed by atoms with E-state index in [9.17, 15) is 13.5 Å². The molecular weight excluding hydrogens is 398 g/mol. The van der Waals surface area contributed by atoms with Crippen LogP contribution in [-0.2, 0) is 16.6 Å². The van der Waals surface area contributed by atoms with Gasteiger partial charge in [-0.15, -0.1) is 11.3 Å². The maximum absolute atomic E-state index is 12.6. The standard InChI is InChI=1S/C20H23NO5S2/c1-3-10-25-17-8-7-16(12-14(17)2)28(23,24)21-13-15-6-9-19(27-15)20(22)18-5-4-11-26-18/h4-9,11-12,20-22H,3,10,13H2,1-2H3/t20-/m0/s1. The molecule has 0 fully saturated rings. The molecule has 0 spiro atoms. The van der Waals surface area contributed by atoms with Crippen molar-refractivity contribution >= 4 is 21.4 Å². The van der Waals surface area contributed by atoms with Gasteiger partial charge in [-0.3, -0.25) is 0 Å². The van der Waals surface area contributed by atoms with Crippen LogP contribution in [0.2, 0.25) is 0 Å². The molecule has 0 aliphatic rings. The average molecular weight is 422 g/mol. The maximum atomic E-state index is 12.6. The number of ether oxygens (including phenoxy) is 1. The van der Waals surface area contributed by atoms with Gasteiger partial charge in [-0.25, -0.2) is 13.1 Å². The van der Waals surface area contributed by atoms with Crippen LogP contribution in [0.25, 0.3) is 0 Å². The van der Waals surface area contributed by atoms with Gasteiger partial charge in [0.15, 0.2) is 0 Å². The zero-order chi connectivity index (χ0) is 20.1. The van der Waals surface area contributed by atoms with Crippen LogP contribution in [0.15, 0.2) is 58.0 Å². The Morgan fingerprint density at radius 2 is 2.07 bits per heavy atom. The molecule has 0 aliphatic heterocycles. The molecular formula is C20H23NO5S2. The lowest BCUT2D eigenvalue weighted by molar-refractivity contribution is 0.193. The van der Waals surface area contributed by atoms with Gasteiger partial charge < -0.3 is 14.3 Å². The van der Waals surface area contributed by atoms with E-state index >= 15 is 0 Å². The highest BCUT2D eigenvalue weighted by molar-refractivity contribution is 7.89. The van der Waals surface area contributed by atoms with Gasteiger partial charge in [0.25, 0.3) is 0 Å². The Morgan fingerprint density at radius 3 is 2.75 bits per heavy atom. The molecule has 0 aliphatic carbocycles. The van der Waals surface area contributed by atoms with Gasteiger partial charge in [-0.05, 0) is 61.4 Å². The number of aliphatic hydroxyl groups excluding tert-OH is 1. The molecule has 6 nitrogen and oxygen atoms in total. The van der Waals surface area contributed by atoms with E-state index in [0.717, 1.165) is 16.9 Å². The van der Waals surface area contributed by atoms with Crippen molar-refractivity contribution in [1.82, 2.24) is 4.72 Å². The smallest absolute Gasteiger partial charge is 0.240 e. The Morgan fingerprint density at radius 1 is 1.25 bits per heavy atom. The molecule has 3 aromatic rings. The predicted molar refractivity (Wildman–Crippen MR) is 108 cm³/mol. The third-order valence-corrected chi connectivity index (χ3v) is 6.66. The quantitative estimate of drug-likeness (QED) is 0.545. The van der Waals surface area contributed by atoms with Gasteiger partial charge in [0.05, 0.1) is 17.8 Å². The van der Waals surface area contributed by atoms with Gasteiger partial charge in [-0.2, -0.15) is 0 Å². The van der Waals surface area contributed by atoms with Crippen molar-refractivity contribution in [1.29, 1.82) is 0 Å². The lowest BCUT2D eigenvalue weighted by atomic mass is 10.2. The summed E-state index contributed by atoms with van der Waals surface area (Å²) in [7, 11) is -3.65. The van der Waals surface area contributed by atoms with Crippen LogP contribution in [0.1, 0.15) is 40.5 Å². The number of aliphatic hydroxyl groups is 1. The summed E-state index contributed by atoms with van der Waals surface area (Å²) < 4.78 is 38.6. The minimum absolute atomic E-state index is 0.144. The van der Waals surface area contributed by atoms with E-state index in [-0.39, 0.29) is 11.4 Å². The number of aryl methyl sites for hydroxylation is 1. The SMILES string of the molecule is CCCOc1ccc(S(=O)(=O)NCc2ccc([C@@H](O)c3ccco3)s2)cc1C. The third-order valence-electron chi connectivity index (χ3n) is 4.12. The summed E-state index contributed by atoms with van der Waals surface area (Å²) in [6.45, 7) is 4.58. The Labute approximate surface area is 168 Å². The van der Waals surface area contributed by atoms with Crippen molar-refractivity contribution in [3.63, 3.8) is 0 Å². The van der Waals surface area contributed by atoms with E-state index in [1.807, 2.05) is 13.8 Å². The fourth-order valence-corrected chi connectivity index (χ4v) is 4.77. The normalized spacial score (nSPS) is 12.8. The number of hydrogen-bond acceptors (Lipinski definition) is 6. The van der Waals surface area contributed by atoms with E-state index in [4.69, 9.17) is 9.15 Å². The minimum atomic E-state index is -3.65. The van der Waals surface area contributed by atoms with Crippen LogP contribution in [-0.4, -0.2) is 20.1 Å². The first-order chi connectivity index (χ1) is 13.4. The van der Waals surface area contributed by atoms with E-state index in [2.05, 4.69) is 4.72 Å². The molecule has 150 valence electrons. The van der Waals surface area contributed by atoms with E-state index in [1.165, 1.54) is 17.6 Å². The first kappa shape index (κ1) is 20.6. The highest BCUT2D eigenvalue weighted by atomic mass is 32.2. The van der Waals surface area contributed by atoms with E-state index in [1.54, 1.807) is 42.5 Å². The Kier molecular flexibility index (Phi) is 6.56. The van der Waals surface area contributed by atoms with Gasteiger partial charge >= 0.3 is 0 Å². The first-order valence-corrected chi connectivity index (χ1v) is 11.2. The molecule has 28 heavy (non-hydrogen) atoms. The van der Waals surface area contributed by atoms with Crippen LogP contribution in [0.4, 0.5) is 0 Å². The number of benzene rings is 1. The summed E-state index contributed by atoms with van der Waals surface area (Å²) in [4.78, 5) is 1.68. The fourth-order valence-electron chi connectivity index (χ4n) is 2.64. The number of nitrogens with one attached hydrogen (secondary N) is 1. The van der Waals surface area contributed by atoms with Crippen molar-refractivity contribution in [2.24, 2.45) is 0 Å². The second-order valence-electron chi connectivity index (χ2n) is 6.32. The van der Waals surface area contributed by atoms with Crippen LogP contribution in [0.5, 0.6) is 5.75 Å². The molecule has 0 radical (unpaired) electrons. The van der Waals surface area contributed by atoms with Crippen LogP contribution >= 0.6 is 11.3 Å². The van der Waals surface area contributed by atoms with Crippen molar-refractivity contribution in [3.05, 3.63) is 69.8 Å². The minimum Gasteiger partial charge on any atom is -0.493 e. The molecule has 0 saturated heterocycles. The van der Waals surface area contributed by atoms with Crippen molar-refractivity contribution in [2.45, 2.75) is 37.8 Å². The molecule has 0 unspecified atom stereocenters. The highest BCUT2D eigenvalue weighted by Crippen LogP contribution is 2.29. The first-order valence-electron chi connectivity index (χ1n) is 8.94. The second kappa shape index (κ2) is 8.91. The molecule has 0 bridgehead atoms. The number of furan rings is 1. The number of thiophene rings is 1. The van der Waals surface area contributed by atoms with Crippen molar-refractivity contribution in [2.75, 3.05) is 6.61 Å². The Hall–Kier alpha value is -2.13. The summed E-state index contributed by atoms with van der Waals surface area (Å²) in [6, 6.07) is 11.8. The maximum Gasteiger partial charge on any atom is 0.240 e. The molecule has 1 atom stereocenters. The van der Waals surface area contributed by atoms with E-state index < -0.39 is 16.1 Å². The van der Waals surface area contributed by atoms with Gasteiger partial charge in [0, 0.05) is 16.3 Å². The number of hydrogen-bond donors (Lipinski definition) is 2. The van der Waals surface area contributed by atoms with Gasteiger partial charge in [0.1, 0.15) is 17.6 Å². The molecule has 0 amide bonds. The Balaban J connectivity index is 1.66. The highest BCUT2D eigenvalue weighted by Gasteiger charge is 2.18. The van der Waals surface area contributed by atoms with Gasteiger partial charge in [0.2, 0.25) is 10.0 Å². The molecule has 2 aromatic heterocycles. The predicted octanol–water partition coefficient (Wildman–Crippen LogP) is 4.00. The Bertz CT molecular complexity index is 1010. The molecule has 8 heteroatoms. The molecule has 2 heterocycles. The van der Waals surface area contributed by atoms with Gasteiger partial charge in [-0.1, -0.05) is 6.92 Å². The lowest BCUT2D eigenvalue weighted by Crippen LogP contribution is -2.22. The zero-order valence-corrected chi connectivity index (χ0v) is 17.3. The second-order valence-corrected chi connectivity index (χ2v) is 9.29. The fraction of sp³-hybridized carbons (Fsp3) is 0.300. The monoisotopic (exact) mass is 421 g/mol. The van der Waals surface area contributed by atoms with Crippen LogP contribution in [0.3, 0.4) is 0 Å². The summed E-state index contributed by atoms with van der Waals surface area (Å²) in [5, 5.41) is 10.3. The third kappa shape index (κ3) is 4.82. The number of sulfonamides is 1. The van der Waals surface area contributed by atoms with Crippen LogP contribution in [0, 0.1) is 6.92 Å². The molecule has 3 rings (SSSR count). The zero-order valence-electron chi connectivity index (χ0n) is 15.7. The van der Waals surface area contributed by atoms with Crippen LogP contribution < -0.4 is 9.46 Å². The largest absolute Gasteiger partial charge is 0.493 e. The summed E-state index contributed by atoms with van der Waals surface area (Å²) in [5.74, 6) is 1.14. The topological polar surface area (TPSA) is 88.8 Å². The molecule has 0 saturated carbocycles.